The van der Waals surface area contributed by atoms with Crippen LogP contribution in [-0.2, 0) is 0 Å². The zero-order valence-corrected chi connectivity index (χ0v) is 4.43. The Bertz CT molecular complexity index is 251. The van der Waals surface area contributed by atoms with Gasteiger partial charge >= 0.3 is 0 Å². The van der Waals surface area contributed by atoms with Gasteiger partial charge in [0.2, 0.25) is 0 Å². The third-order valence-corrected chi connectivity index (χ3v) is 0.837. The molecule has 0 aliphatic rings. The highest BCUT2D eigenvalue weighted by Crippen LogP contribution is 1.99. The predicted octanol–water partition coefficient (Wildman–Crippen LogP) is 0.893. The highest BCUT2D eigenvalue weighted by Gasteiger charge is 1.96. The molecule has 0 fully saturated rings. The largest absolute Gasteiger partial charge is 0.253 e. The van der Waals surface area contributed by atoms with Crippen LogP contribution in [0.5, 0.6) is 0 Å². The van der Waals surface area contributed by atoms with Crippen molar-refractivity contribution < 1.29 is 4.39 Å². The molecule has 1 heterocycles. The van der Waals surface area contributed by atoms with Gasteiger partial charge in [0.25, 0.3) is 0 Å². The van der Waals surface area contributed by atoms with E-state index in [1.807, 2.05) is 0 Å². The number of rotatable bonds is 0. The van der Waals surface area contributed by atoms with E-state index >= 15 is 0 Å². The fourth-order valence-corrected chi connectivity index (χ4v) is 0.417. The van der Waals surface area contributed by atoms with E-state index in [4.69, 9.17) is 5.26 Å². The van der Waals surface area contributed by atoms with Gasteiger partial charge in [-0.05, 0) is 0 Å². The van der Waals surface area contributed by atoms with Crippen LogP contribution >= 0.6 is 0 Å². The first-order chi connectivity index (χ1) is 4.34. The number of hydrogen-bond acceptors (Lipinski definition) is 2. The van der Waals surface area contributed by atoms with Crippen molar-refractivity contribution in [1.82, 2.24) is 4.98 Å². The molecule has 1 aromatic rings. The molecule has 0 spiro atoms. The normalized spacial score (nSPS) is 8.44. The van der Waals surface area contributed by atoms with E-state index in [1.165, 1.54) is 0 Å². The number of pyridine rings is 1. The molecule has 43 valence electrons. The Morgan fingerprint density at radius 3 is 3.00 bits per heavy atom. The Balaban J connectivity index is 3.20. The van der Waals surface area contributed by atoms with E-state index in [0.29, 0.717) is 0 Å². The van der Waals surface area contributed by atoms with Crippen LogP contribution < -0.4 is 0 Å². The van der Waals surface area contributed by atoms with Crippen molar-refractivity contribution in [3.63, 3.8) is 0 Å². The molecule has 1 aromatic heterocycles. The van der Waals surface area contributed by atoms with E-state index in [2.05, 4.69) is 11.2 Å². The number of halogens is 1. The molecule has 0 amide bonds. The molecule has 3 heteroatoms. The van der Waals surface area contributed by atoms with Crippen LogP contribution in [0.4, 0.5) is 4.39 Å². The number of hydrogen-bond donors (Lipinski definition) is 0. The van der Waals surface area contributed by atoms with Gasteiger partial charge in [-0.3, -0.25) is 4.98 Å². The van der Waals surface area contributed by atoms with Crippen LogP contribution in [0.2, 0.25) is 0 Å². The summed E-state index contributed by atoms with van der Waals surface area (Å²) in [5.41, 5.74) is -0.0475. The number of aromatic nitrogens is 1. The van der Waals surface area contributed by atoms with Crippen molar-refractivity contribution >= 4 is 0 Å². The first-order valence-electron chi connectivity index (χ1n) is 2.26. The van der Waals surface area contributed by atoms with Gasteiger partial charge in [-0.25, -0.2) is 4.39 Å². The Hall–Kier alpha value is -1.43. The second-order valence-electron chi connectivity index (χ2n) is 1.41. The van der Waals surface area contributed by atoms with Crippen molar-refractivity contribution in [1.29, 1.82) is 5.26 Å². The molecule has 9 heavy (non-hydrogen) atoms. The minimum Gasteiger partial charge on any atom is -0.253 e. The summed E-state index contributed by atoms with van der Waals surface area (Å²) >= 11 is 0. The van der Waals surface area contributed by atoms with Crippen molar-refractivity contribution in [2.45, 2.75) is 0 Å². The van der Waals surface area contributed by atoms with Crippen LogP contribution in [0.3, 0.4) is 0 Å². The summed E-state index contributed by atoms with van der Waals surface area (Å²) in [6, 6.07) is 2.66. The zero-order valence-electron chi connectivity index (χ0n) is 4.43. The summed E-state index contributed by atoms with van der Waals surface area (Å²) < 4.78 is 12.3. The molecule has 0 aliphatic carbocycles. The minimum atomic E-state index is -0.576. The van der Waals surface area contributed by atoms with Gasteiger partial charge in [0.05, 0.1) is 6.20 Å². The monoisotopic (exact) mass is 121 g/mol. The van der Waals surface area contributed by atoms with Gasteiger partial charge in [0.1, 0.15) is 17.4 Å². The lowest BCUT2D eigenvalue weighted by Gasteiger charge is -1.85. The molecule has 0 aromatic carbocycles. The van der Waals surface area contributed by atoms with Gasteiger partial charge in [-0.1, -0.05) is 0 Å². The highest BCUT2D eigenvalue weighted by atomic mass is 19.1. The van der Waals surface area contributed by atoms with E-state index in [0.717, 1.165) is 12.3 Å². The quantitative estimate of drug-likeness (QED) is 0.511. The highest BCUT2D eigenvalue weighted by molar-refractivity contribution is 5.25. The van der Waals surface area contributed by atoms with E-state index in [9.17, 15) is 4.39 Å². The molecule has 0 atom stereocenters. The number of nitriles is 1. The fraction of sp³-hybridized carbons (Fsp3) is 0. The SMILES string of the molecule is N#Cc1cn[c]cc1F. The van der Waals surface area contributed by atoms with Crippen molar-refractivity contribution in [3.05, 3.63) is 29.8 Å². The van der Waals surface area contributed by atoms with Crippen LogP contribution in [0.15, 0.2) is 12.3 Å². The van der Waals surface area contributed by atoms with Gasteiger partial charge in [0.15, 0.2) is 0 Å². The second kappa shape index (κ2) is 2.23. The van der Waals surface area contributed by atoms with Crippen LogP contribution in [0.25, 0.3) is 0 Å². The van der Waals surface area contributed by atoms with Gasteiger partial charge in [0, 0.05) is 12.3 Å². The Kier molecular flexibility index (Phi) is 1.41. The van der Waals surface area contributed by atoms with Gasteiger partial charge < -0.3 is 0 Å². The molecular formula is C6H2FN2. The van der Waals surface area contributed by atoms with Crippen molar-refractivity contribution in [3.8, 4) is 6.07 Å². The predicted molar refractivity (Wildman–Crippen MR) is 27.7 cm³/mol. The maximum absolute atomic E-state index is 12.3. The molecule has 0 N–H and O–H groups in total. The Labute approximate surface area is 51.6 Å². The average molecular weight is 121 g/mol. The second-order valence-corrected chi connectivity index (χ2v) is 1.41. The van der Waals surface area contributed by atoms with Crippen LogP contribution in [0.1, 0.15) is 5.56 Å². The minimum absolute atomic E-state index is 0.0475. The third-order valence-electron chi connectivity index (χ3n) is 0.837. The van der Waals surface area contributed by atoms with Crippen LogP contribution in [-0.4, -0.2) is 4.98 Å². The molecule has 0 bridgehead atoms. The number of nitrogens with zero attached hydrogens (tertiary/aromatic N) is 2. The van der Waals surface area contributed by atoms with Crippen LogP contribution in [0, 0.1) is 23.3 Å². The molecule has 1 radical (unpaired) electrons. The summed E-state index contributed by atoms with van der Waals surface area (Å²) in [4.78, 5) is 3.43. The lowest BCUT2D eigenvalue weighted by Crippen LogP contribution is -1.82. The van der Waals surface area contributed by atoms with Gasteiger partial charge in [-0.15, -0.1) is 0 Å². The summed E-state index contributed by atoms with van der Waals surface area (Å²) in [5.74, 6) is -0.576. The van der Waals surface area contributed by atoms with Crippen molar-refractivity contribution in [2.24, 2.45) is 0 Å². The maximum Gasteiger partial charge on any atom is 0.144 e. The van der Waals surface area contributed by atoms with E-state index in [-0.39, 0.29) is 5.56 Å². The zero-order chi connectivity index (χ0) is 6.69. The van der Waals surface area contributed by atoms with Crippen molar-refractivity contribution in [2.75, 3.05) is 0 Å². The summed E-state index contributed by atoms with van der Waals surface area (Å²) in [6.45, 7) is 0. The van der Waals surface area contributed by atoms with Gasteiger partial charge in [-0.2, -0.15) is 5.26 Å². The maximum atomic E-state index is 12.3. The molecule has 2 nitrogen and oxygen atoms in total. The first-order valence-corrected chi connectivity index (χ1v) is 2.26. The third kappa shape index (κ3) is 1.03. The molecule has 0 saturated heterocycles. The van der Waals surface area contributed by atoms with E-state index < -0.39 is 5.82 Å². The summed E-state index contributed by atoms with van der Waals surface area (Å²) in [5, 5.41) is 8.17. The molecular weight excluding hydrogens is 119 g/mol. The lowest BCUT2D eigenvalue weighted by atomic mass is 10.3. The molecule has 0 aliphatic heterocycles. The smallest absolute Gasteiger partial charge is 0.144 e. The summed E-state index contributed by atoms with van der Waals surface area (Å²) in [6.07, 6.45) is 3.39. The fourth-order valence-electron chi connectivity index (χ4n) is 0.417. The Morgan fingerprint density at radius 2 is 2.56 bits per heavy atom. The lowest BCUT2D eigenvalue weighted by molar-refractivity contribution is 0.621. The standard InChI is InChI=1S/C6H2FN2/c7-6-1-2-9-4-5(6)3-8/h1,4H. The average Bonchev–Trinajstić information content (AvgIpc) is 1.89. The summed E-state index contributed by atoms with van der Waals surface area (Å²) in [7, 11) is 0. The van der Waals surface area contributed by atoms with E-state index in [1.54, 1.807) is 6.07 Å². The Morgan fingerprint density at radius 1 is 1.78 bits per heavy atom. The topological polar surface area (TPSA) is 36.7 Å². The molecule has 0 saturated carbocycles. The first kappa shape index (κ1) is 5.70. The molecule has 1 rings (SSSR count). The molecule has 0 unspecified atom stereocenters.